The number of amides is 1. The molecular formula is C18H16ClNO5S. The minimum Gasteiger partial charge on any atom is -0.486 e. The van der Waals surface area contributed by atoms with Gasteiger partial charge in [-0.2, -0.15) is 0 Å². The third-order valence-electron chi connectivity index (χ3n) is 3.55. The average Bonchev–Trinajstić information content (AvgIpc) is 2.67. The van der Waals surface area contributed by atoms with Crippen molar-refractivity contribution in [1.82, 2.24) is 0 Å². The van der Waals surface area contributed by atoms with Crippen LogP contribution >= 0.6 is 23.4 Å². The van der Waals surface area contributed by atoms with Crippen LogP contribution in [0.4, 0.5) is 5.69 Å². The molecule has 2 aromatic rings. The predicted molar refractivity (Wildman–Crippen MR) is 99.6 cm³/mol. The van der Waals surface area contributed by atoms with Crippen LogP contribution in [0.3, 0.4) is 0 Å². The van der Waals surface area contributed by atoms with Crippen molar-refractivity contribution >= 4 is 40.9 Å². The Morgan fingerprint density at radius 2 is 1.92 bits per heavy atom. The first-order valence-corrected chi connectivity index (χ1v) is 9.13. The number of methoxy groups -OCH3 is 1. The van der Waals surface area contributed by atoms with E-state index in [0.29, 0.717) is 41.0 Å². The summed E-state index contributed by atoms with van der Waals surface area (Å²) in [5, 5.41) is 3.05. The number of ether oxygens (including phenoxy) is 3. The Balaban J connectivity index is 1.62. The van der Waals surface area contributed by atoms with E-state index >= 15 is 0 Å². The molecule has 2 aromatic carbocycles. The molecule has 26 heavy (non-hydrogen) atoms. The molecule has 1 aliphatic heterocycles. The molecule has 0 bridgehead atoms. The topological polar surface area (TPSA) is 73.9 Å². The van der Waals surface area contributed by atoms with E-state index in [1.807, 2.05) is 18.2 Å². The van der Waals surface area contributed by atoms with Crippen molar-refractivity contribution in [3.63, 3.8) is 0 Å². The molecule has 0 aromatic heterocycles. The molecule has 0 spiro atoms. The highest BCUT2D eigenvalue weighted by Crippen LogP contribution is 2.34. The maximum atomic E-state index is 12.2. The maximum Gasteiger partial charge on any atom is 0.337 e. The summed E-state index contributed by atoms with van der Waals surface area (Å²) in [6.45, 7) is 1.05. The van der Waals surface area contributed by atoms with Crippen molar-refractivity contribution in [3.05, 3.63) is 47.0 Å². The lowest BCUT2D eigenvalue weighted by molar-refractivity contribution is -0.113. The molecule has 6 nitrogen and oxygen atoms in total. The van der Waals surface area contributed by atoms with E-state index in [-0.39, 0.29) is 11.7 Å². The summed E-state index contributed by atoms with van der Waals surface area (Å²) in [7, 11) is 1.29. The van der Waals surface area contributed by atoms with Crippen LogP contribution in [0.1, 0.15) is 10.4 Å². The number of carbonyl (C=O) groups is 2. The third kappa shape index (κ3) is 4.42. The SMILES string of the molecule is COC(=O)c1ccc(Cl)c(NC(=O)CSc2ccc3c(c2)OCCO3)c1. The van der Waals surface area contributed by atoms with Gasteiger partial charge in [-0.15, -0.1) is 11.8 Å². The number of halogens is 1. The number of hydrogen-bond acceptors (Lipinski definition) is 6. The number of nitrogens with one attached hydrogen (secondary N) is 1. The van der Waals surface area contributed by atoms with E-state index in [4.69, 9.17) is 21.1 Å². The molecule has 1 amide bonds. The molecule has 0 saturated heterocycles. The summed E-state index contributed by atoms with van der Waals surface area (Å²) >= 11 is 7.44. The average molecular weight is 394 g/mol. The molecule has 0 unspecified atom stereocenters. The molecule has 8 heteroatoms. The Morgan fingerprint density at radius 3 is 2.69 bits per heavy atom. The van der Waals surface area contributed by atoms with Crippen LogP contribution in [-0.4, -0.2) is 38.0 Å². The quantitative estimate of drug-likeness (QED) is 0.617. The Bertz CT molecular complexity index is 842. The van der Waals surface area contributed by atoms with Crippen LogP contribution in [0.2, 0.25) is 5.02 Å². The molecule has 136 valence electrons. The van der Waals surface area contributed by atoms with Gasteiger partial charge in [0.25, 0.3) is 0 Å². The van der Waals surface area contributed by atoms with Gasteiger partial charge in [-0.25, -0.2) is 4.79 Å². The molecule has 3 rings (SSSR count). The van der Waals surface area contributed by atoms with Gasteiger partial charge in [-0.1, -0.05) is 11.6 Å². The zero-order valence-corrected chi connectivity index (χ0v) is 15.5. The minimum atomic E-state index is -0.497. The van der Waals surface area contributed by atoms with Gasteiger partial charge in [-0.05, 0) is 36.4 Å². The van der Waals surface area contributed by atoms with Gasteiger partial charge in [0, 0.05) is 4.90 Å². The second-order valence-corrected chi connectivity index (χ2v) is 6.78. The summed E-state index contributed by atoms with van der Waals surface area (Å²) in [5.74, 6) is 0.821. The second kappa shape index (κ2) is 8.33. The van der Waals surface area contributed by atoms with Crippen LogP contribution in [0, 0.1) is 0 Å². The molecule has 0 radical (unpaired) electrons. The van der Waals surface area contributed by atoms with Gasteiger partial charge >= 0.3 is 5.97 Å². The van der Waals surface area contributed by atoms with Gasteiger partial charge < -0.3 is 19.5 Å². The molecule has 1 N–H and O–H groups in total. The number of thioether (sulfide) groups is 1. The lowest BCUT2D eigenvalue weighted by atomic mass is 10.2. The Morgan fingerprint density at radius 1 is 1.15 bits per heavy atom. The fraction of sp³-hybridized carbons (Fsp3) is 0.222. The Kier molecular flexibility index (Phi) is 5.90. The smallest absolute Gasteiger partial charge is 0.337 e. The van der Waals surface area contributed by atoms with E-state index in [0.717, 1.165) is 4.90 Å². The summed E-state index contributed by atoms with van der Waals surface area (Å²) in [5.41, 5.74) is 0.675. The van der Waals surface area contributed by atoms with E-state index in [9.17, 15) is 9.59 Å². The predicted octanol–water partition coefficient (Wildman–Crippen LogP) is 3.63. The highest BCUT2D eigenvalue weighted by molar-refractivity contribution is 8.00. The van der Waals surface area contributed by atoms with Gasteiger partial charge in [0.1, 0.15) is 13.2 Å². The van der Waals surface area contributed by atoms with Gasteiger partial charge in [0.2, 0.25) is 5.91 Å². The number of fused-ring (bicyclic) bond motifs is 1. The van der Waals surface area contributed by atoms with Crippen molar-refractivity contribution in [3.8, 4) is 11.5 Å². The number of hydrogen-bond donors (Lipinski definition) is 1. The number of esters is 1. The monoisotopic (exact) mass is 393 g/mol. The van der Waals surface area contributed by atoms with Crippen molar-refractivity contribution in [1.29, 1.82) is 0 Å². The fourth-order valence-electron chi connectivity index (χ4n) is 2.31. The maximum absolute atomic E-state index is 12.2. The lowest BCUT2D eigenvalue weighted by Crippen LogP contribution is -2.16. The number of benzene rings is 2. The zero-order valence-electron chi connectivity index (χ0n) is 13.9. The van der Waals surface area contributed by atoms with Crippen molar-refractivity contribution in [2.24, 2.45) is 0 Å². The van der Waals surface area contributed by atoms with Crippen molar-refractivity contribution in [2.75, 3.05) is 31.4 Å². The van der Waals surface area contributed by atoms with Gasteiger partial charge in [0.05, 0.1) is 29.1 Å². The Hall–Kier alpha value is -2.38. The van der Waals surface area contributed by atoms with Gasteiger partial charge in [0.15, 0.2) is 11.5 Å². The second-order valence-electron chi connectivity index (χ2n) is 5.33. The highest BCUT2D eigenvalue weighted by atomic mass is 35.5. The fourth-order valence-corrected chi connectivity index (χ4v) is 3.20. The number of anilines is 1. The van der Waals surface area contributed by atoms with E-state index in [2.05, 4.69) is 10.1 Å². The number of carbonyl (C=O) groups excluding carboxylic acids is 2. The molecule has 1 heterocycles. The van der Waals surface area contributed by atoms with Crippen molar-refractivity contribution < 1.29 is 23.8 Å². The molecule has 0 fully saturated rings. The lowest BCUT2D eigenvalue weighted by Gasteiger charge is -2.18. The molecular weight excluding hydrogens is 378 g/mol. The zero-order chi connectivity index (χ0) is 18.5. The normalized spacial score (nSPS) is 12.4. The van der Waals surface area contributed by atoms with Crippen LogP contribution in [-0.2, 0) is 9.53 Å². The Labute approximate surface area is 159 Å². The van der Waals surface area contributed by atoms with Gasteiger partial charge in [-0.3, -0.25) is 4.79 Å². The summed E-state index contributed by atoms with van der Waals surface area (Å²) in [4.78, 5) is 24.7. The standard InChI is InChI=1S/C18H16ClNO5S/c1-23-18(22)11-2-4-13(19)14(8-11)20-17(21)10-26-12-3-5-15-16(9-12)25-7-6-24-15/h2-5,8-9H,6-7,10H2,1H3,(H,20,21). The van der Waals surface area contributed by atoms with E-state index in [1.54, 1.807) is 0 Å². The summed E-state index contributed by atoms with van der Waals surface area (Å²) < 4.78 is 15.7. The van der Waals surface area contributed by atoms with E-state index < -0.39 is 5.97 Å². The molecule has 0 aliphatic carbocycles. The molecule has 1 aliphatic rings. The summed E-state index contributed by atoms with van der Waals surface area (Å²) in [6.07, 6.45) is 0. The van der Waals surface area contributed by atoms with Crippen LogP contribution < -0.4 is 14.8 Å². The third-order valence-corrected chi connectivity index (χ3v) is 4.87. The van der Waals surface area contributed by atoms with E-state index in [1.165, 1.54) is 37.1 Å². The number of rotatable bonds is 5. The minimum absolute atomic E-state index is 0.179. The van der Waals surface area contributed by atoms with Crippen LogP contribution in [0.25, 0.3) is 0 Å². The van der Waals surface area contributed by atoms with Crippen LogP contribution in [0.15, 0.2) is 41.3 Å². The first-order valence-electron chi connectivity index (χ1n) is 7.77. The highest BCUT2D eigenvalue weighted by Gasteiger charge is 2.14. The first kappa shape index (κ1) is 18.4. The first-order chi connectivity index (χ1) is 12.6. The largest absolute Gasteiger partial charge is 0.486 e. The van der Waals surface area contributed by atoms with Crippen LogP contribution in [0.5, 0.6) is 11.5 Å². The molecule has 0 saturated carbocycles. The van der Waals surface area contributed by atoms with Crippen molar-refractivity contribution in [2.45, 2.75) is 4.90 Å². The molecule has 0 atom stereocenters. The summed E-state index contributed by atoms with van der Waals surface area (Å²) in [6, 6.07) is 10.1.